The summed E-state index contributed by atoms with van der Waals surface area (Å²) in [6, 6.07) is 2.18. The summed E-state index contributed by atoms with van der Waals surface area (Å²) >= 11 is 6.18. The van der Waals surface area contributed by atoms with E-state index in [1.165, 1.54) is 6.07 Å². The molecule has 0 spiro atoms. The van der Waals surface area contributed by atoms with Crippen LogP contribution in [0.2, 0.25) is 0 Å². The van der Waals surface area contributed by atoms with Gasteiger partial charge >= 0.3 is 0 Å². The molecule has 1 aromatic heterocycles. The lowest BCUT2D eigenvalue weighted by atomic mass is 9.97. The zero-order chi connectivity index (χ0) is 15.1. The van der Waals surface area contributed by atoms with E-state index >= 15 is 0 Å². The van der Waals surface area contributed by atoms with Crippen molar-refractivity contribution in [2.24, 2.45) is 0 Å². The maximum absolute atomic E-state index is 13.9. The molecule has 0 bridgehead atoms. The van der Waals surface area contributed by atoms with Gasteiger partial charge in [0.25, 0.3) is 0 Å². The molecule has 0 aliphatic rings. The maximum atomic E-state index is 13.9. The molecule has 2 nitrogen and oxygen atoms in total. The van der Waals surface area contributed by atoms with Gasteiger partial charge in [-0.05, 0) is 33.3 Å². The number of benzene rings is 1. The topological polar surface area (TPSA) is 17.8 Å². The molecule has 0 saturated heterocycles. The predicted octanol–water partition coefficient (Wildman–Crippen LogP) is 5.15. The molecule has 0 amide bonds. The van der Waals surface area contributed by atoms with E-state index in [0.29, 0.717) is 11.3 Å². The minimum atomic E-state index is -0.649. The zero-order valence-electron chi connectivity index (χ0n) is 12.2. The predicted molar refractivity (Wildman–Crippen MR) is 78.1 cm³/mol. The van der Waals surface area contributed by atoms with Gasteiger partial charge in [-0.1, -0.05) is 13.3 Å². The average Bonchev–Trinajstić information content (AvgIpc) is 2.69. The largest absolute Gasteiger partial charge is 0.321 e. The standard InChI is InChI=1S/C15H19ClF2N2/c1-5-6-15(3,4)20-12-8-10(17)7-11(18)13(12)19-14(20)9(2)16/h7-9H,5-6H2,1-4H3. The third-order valence-electron chi connectivity index (χ3n) is 3.53. The van der Waals surface area contributed by atoms with Gasteiger partial charge in [-0.3, -0.25) is 0 Å². The van der Waals surface area contributed by atoms with Crippen LogP contribution in [0.5, 0.6) is 0 Å². The summed E-state index contributed by atoms with van der Waals surface area (Å²) in [6.45, 7) is 7.92. The molecule has 5 heteroatoms. The van der Waals surface area contributed by atoms with Gasteiger partial charge in [0.1, 0.15) is 17.2 Å². The Bertz CT molecular complexity index is 632. The van der Waals surface area contributed by atoms with E-state index in [4.69, 9.17) is 11.6 Å². The Morgan fingerprint density at radius 2 is 2.00 bits per heavy atom. The molecule has 20 heavy (non-hydrogen) atoms. The minimum absolute atomic E-state index is 0.179. The Hall–Kier alpha value is -1.16. The highest BCUT2D eigenvalue weighted by Crippen LogP contribution is 2.34. The van der Waals surface area contributed by atoms with Crippen molar-refractivity contribution < 1.29 is 8.78 Å². The summed E-state index contributed by atoms with van der Waals surface area (Å²) in [7, 11) is 0. The van der Waals surface area contributed by atoms with E-state index in [1.807, 2.05) is 18.4 Å². The lowest BCUT2D eigenvalue weighted by Gasteiger charge is -2.29. The van der Waals surface area contributed by atoms with E-state index in [-0.39, 0.29) is 16.4 Å². The number of hydrogen-bond donors (Lipinski definition) is 0. The van der Waals surface area contributed by atoms with Crippen LogP contribution < -0.4 is 0 Å². The van der Waals surface area contributed by atoms with Crippen LogP contribution >= 0.6 is 11.6 Å². The lowest BCUT2D eigenvalue weighted by Crippen LogP contribution is -2.28. The van der Waals surface area contributed by atoms with E-state index in [1.54, 1.807) is 6.92 Å². The zero-order valence-corrected chi connectivity index (χ0v) is 12.9. The van der Waals surface area contributed by atoms with E-state index in [9.17, 15) is 8.78 Å². The first-order valence-corrected chi connectivity index (χ1v) is 7.23. The van der Waals surface area contributed by atoms with Gasteiger partial charge in [0.2, 0.25) is 0 Å². The number of rotatable bonds is 4. The molecule has 0 N–H and O–H groups in total. The van der Waals surface area contributed by atoms with Crippen molar-refractivity contribution in [1.82, 2.24) is 9.55 Å². The van der Waals surface area contributed by atoms with Gasteiger partial charge in [0.15, 0.2) is 5.82 Å². The highest BCUT2D eigenvalue weighted by Gasteiger charge is 2.28. The number of halogens is 3. The maximum Gasteiger partial charge on any atom is 0.153 e. The number of hydrogen-bond acceptors (Lipinski definition) is 1. The van der Waals surface area contributed by atoms with Crippen LogP contribution in [-0.4, -0.2) is 9.55 Å². The van der Waals surface area contributed by atoms with Crippen LogP contribution in [0.15, 0.2) is 12.1 Å². The monoisotopic (exact) mass is 300 g/mol. The van der Waals surface area contributed by atoms with E-state index < -0.39 is 11.6 Å². The van der Waals surface area contributed by atoms with Crippen molar-refractivity contribution in [2.75, 3.05) is 0 Å². The Morgan fingerprint density at radius 3 is 2.55 bits per heavy atom. The highest BCUT2D eigenvalue weighted by atomic mass is 35.5. The van der Waals surface area contributed by atoms with Crippen molar-refractivity contribution in [3.05, 3.63) is 29.6 Å². The summed E-state index contributed by atoms with van der Waals surface area (Å²) in [6.07, 6.45) is 1.83. The van der Waals surface area contributed by atoms with Crippen LogP contribution in [-0.2, 0) is 5.54 Å². The number of alkyl halides is 1. The van der Waals surface area contributed by atoms with E-state index in [2.05, 4.69) is 11.9 Å². The molecule has 0 radical (unpaired) electrons. The first-order chi connectivity index (χ1) is 9.27. The fourth-order valence-electron chi connectivity index (χ4n) is 2.75. The molecule has 0 aliphatic carbocycles. The molecule has 110 valence electrons. The van der Waals surface area contributed by atoms with Crippen LogP contribution in [0.25, 0.3) is 11.0 Å². The molecule has 0 fully saturated rings. The first kappa shape index (κ1) is 15.2. The normalized spacial score (nSPS) is 13.9. The molecule has 1 aromatic carbocycles. The fraction of sp³-hybridized carbons (Fsp3) is 0.533. The van der Waals surface area contributed by atoms with Crippen molar-refractivity contribution in [1.29, 1.82) is 0 Å². The molecule has 0 saturated carbocycles. The van der Waals surface area contributed by atoms with Crippen molar-refractivity contribution in [2.45, 2.75) is 51.5 Å². The van der Waals surface area contributed by atoms with Crippen LogP contribution in [0.1, 0.15) is 51.7 Å². The Balaban J connectivity index is 2.81. The third kappa shape index (κ3) is 2.53. The number of aromatic nitrogens is 2. The SMILES string of the molecule is CCCC(C)(C)n1c(C(C)Cl)nc2c(F)cc(F)cc21. The van der Waals surface area contributed by atoms with Crippen LogP contribution in [0.3, 0.4) is 0 Å². The summed E-state index contributed by atoms with van der Waals surface area (Å²) in [5, 5.41) is -0.374. The molecule has 2 aromatic rings. The van der Waals surface area contributed by atoms with Gasteiger partial charge in [-0.15, -0.1) is 11.6 Å². The van der Waals surface area contributed by atoms with Crippen molar-refractivity contribution >= 4 is 22.6 Å². The smallest absolute Gasteiger partial charge is 0.153 e. The minimum Gasteiger partial charge on any atom is -0.321 e. The summed E-state index contributed by atoms with van der Waals surface area (Å²) in [5.41, 5.74) is 0.337. The lowest BCUT2D eigenvalue weighted by molar-refractivity contribution is 0.323. The molecular formula is C15H19ClF2N2. The molecule has 1 unspecified atom stereocenters. The molecule has 0 aliphatic heterocycles. The highest BCUT2D eigenvalue weighted by molar-refractivity contribution is 6.20. The summed E-state index contributed by atoms with van der Waals surface area (Å²) in [5.74, 6) is -0.675. The van der Waals surface area contributed by atoms with Gasteiger partial charge in [-0.25, -0.2) is 13.8 Å². The Morgan fingerprint density at radius 1 is 1.35 bits per heavy atom. The summed E-state index contributed by atoms with van der Waals surface area (Å²) in [4.78, 5) is 4.29. The van der Waals surface area contributed by atoms with Crippen LogP contribution in [0, 0.1) is 11.6 Å². The molecular weight excluding hydrogens is 282 g/mol. The van der Waals surface area contributed by atoms with E-state index in [0.717, 1.165) is 18.9 Å². The average molecular weight is 301 g/mol. The molecule has 1 atom stereocenters. The van der Waals surface area contributed by atoms with Gasteiger partial charge in [0.05, 0.1) is 10.9 Å². The first-order valence-electron chi connectivity index (χ1n) is 6.80. The second kappa shape index (κ2) is 5.32. The van der Waals surface area contributed by atoms with Crippen molar-refractivity contribution in [3.63, 3.8) is 0 Å². The van der Waals surface area contributed by atoms with Crippen molar-refractivity contribution in [3.8, 4) is 0 Å². The quantitative estimate of drug-likeness (QED) is 0.714. The molecule has 1 heterocycles. The van der Waals surface area contributed by atoms with Gasteiger partial charge in [-0.2, -0.15) is 0 Å². The second-order valence-corrected chi connectivity index (χ2v) is 6.39. The third-order valence-corrected chi connectivity index (χ3v) is 3.72. The summed E-state index contributed by atoms with van der Waals surface area (Å²) < 4.78 is 29.3. The fourth-order valence-corrected chi connectivity index (χ4v) is 2.89. The Labute approximate surface area is 122 Å². The van der Waals surface area contributed by atoms with Gasteiger partial charge in [0, 0.05) is 11.6 Å². The Kier molecular flexibility index (Phi) is 4.05. The van der Waals surface area contributed by atoms with Crippen LogP contribution in [0.4, 0.5) is 8.78 Å². The number of fused-ring (bicyclic) bond motifs is 1. The van der Waals surface area contributed by atoms with Gasteiger partial charge < -0.3 is 4.57 Å². The second-order valence-electron chi connectivity index (χ2n) is 5.74. The number of imidazole rings is 1. The molecule has 2 rings (SSSR count). The number of nitrogens with zero attached hydrogens (tertiary/aromatic N) is 2.